The molecule has 96 valence electrons. The van der Waals surface area contributed by atoms with Crippen LogP contribution in [-0.2, 0) is 0 Å². The van der Waals surface area contributed by atoms with Gasteiger partial charge in [0.2, 0.25) is 0 Å². The summed E-state index contributed by atoms with van der Waals surface area (Å²) in [5, 5.41) is 5.05. The van der Waals surface area contributed by atoms with Crippen molar-refractivity contribution in [1.29, 1.82) is 0 Å². The van der Waals surface area contributed by atoms with Gasteiger partial charge >= 0.3 is 0 Å². The summed E-state index contributed by atoms with van der Waals surface area (Å²) in [6.45, 7) is 17.5. The molecule has 3 heteroatoms. The van der Waals surface area contributed by atoms with E-state index in [1.165, 1.54) is 19.6 Å². The first-order valence-electron chi connectivity index (χ1n) is 6.51. The van der Waals surface area contributed by atoms with Crippen LogP contribution in [0, 0.1) is 5.41 Å². The van der Waals surface area contributed by atoms with E-state index < -0.39 is 0 Å². The lowest BCUT2D eigenvalue weighted by Gasteiger charge is -2.39. The Hall–Kier alpha value is 0.270. The maximum Gasteiger partial charge on any atom is 0.0149 e. The first-order valence-corrected chi connectivity index (χ1v) is 7.46. The van der Waals surface area contributed by atoms with Crippen LogP contribution >= 0.6 is 11.8 Å². The Morgan fingerprint density at radius 2 is 1.81 bits per heavy atom. The van der Waals surface area contributed by atoms with Crippen LogP contribution in [0.25, 0.3) is 0 Å². The first kappa shape index (κ1) is 14.3. The molecule has 0 aromatic heterocycles. The van der Waals surface area contributed by atoms with E-state index in [0.29, 0.717) is 5.41 Å². The average Bonchev–Trinajstić information content (AvgIpc) is 2.12. The van der Waals surface area contributed by atoms with Crippen molar-refractivity contribution in [3.05, 3.63) is 0 Å². The molecule has 1 aliphatic heterocycles. The second-order valence-corrected chi connectivity index (χ2v) is 7.78. The highest BCUT2D eigenvalue weighted by Gasteiger charge is 2.27. The average molecular weight is 244 g/mol. The van der Waals surface area contributed by atoms with E-state index in [0.717, 1.165) is 23.6 Å². The van der Waals surface area contributed by atoms with E-state index >= 15 is 0 Å². The van der Waals surface area contributed by atoms with Crippen molar-refractivity contribution in [2.75, 3.05) is 32.7 Å². The molecule has 2 unspecified atom stereocenters. The minimum Gasteiger partial charge on any atom is -0.316 e. The van der Waals surface area contributed by atoms with E-state index in [9.17, 15) is 0 Å². The fraction of sp³-hybridized carbons (Fsp3) is 1.00. The molecule has 0 aromatic carbocycles. The topological polar surface area (TPSA) is 15.3 Å². The zero-order chi connectivity index (χ0) is 12.2. The van der Waals surface area contributed by atoms with Crippen LogP contribution in [0.3, 0.4) is 0 Å². The maximum atomic E-state index is 3.47. The summed E-state index contributed by atoms with van der Waals surface area (Å²) in [4.78, 5) is 2.64. The predicted molar refractivity (Wildman–Crippen MR) is 75.3 cm³/mol. The molecule has 0 radical (unpaired) electrons. The molecule has 1 rings (SSSR count). The van der Waals surface area contributed by atoms with Crippen LogP contribution in [-0.4, -0.2) is 48.1 Å². The fourth-order valence-electron chi connectivity index (χ4n) is 2.54. The number of nitrogens with zero attached hydrogens (tertiary/aromatic N) is 1. The van der Waals surface area contributed by atoms with Gasteiger partial charge in [-0.1, -0.05) is 34.6 Å². The van der Waals surface area contributed by atoms with Gasteiger partial charge in [-0.15, -0.1) is 0 Å². The first-order chi connectivity index (χ1) is 7.43. The standard InChI is InChI=1S/C13H28N2S/c1-6-14-9-13(4,5)10-15-7-11(2)16-12(3)8-15/h11-12,14H,6-10H2,1-5H3. The molecule has 2 nitrogen and oxygen atoms in total. The van der Waals surface area contributed by atoms with Crippen molar-refractivity contribution >= 4 is 11.8 Å². The molecular weight excluding hydrogens is 216 g/mol. The van der Waals surface area contributed by atoms with Crippen LogP contribution in [0.2, 0.25) is 0 Å². The maximum absolute atomic E-state index is 3.47. The lowest BCUT2D eigenvalue weighted by Crippen LogP contribution is -2.47. The Morgan fingerprint density at radius 3 is 2.31 bits per heavy atom. The smallest absolute Gasteiger partial charge is 0.0149 e. The summed E-state index contributed by atoms with van der Waals surface area (Å²) in [6, 6.07) is 0. The zero-order valence-electron chi connectivity index (χ0n) is 11.5. The molecule has 0 spiro atoms. The molecule has 0 aromatic rings. The molecule has 1 aliphatic rings. The molecule has 0 aliphatic carbocycles. The van der Waals surface area contributed by atoms with E-state index in [1.54, 1.807) is 0 Å². The normalized spacial score (nSPS) is 28.3. The predicted octanol–water partition coefficient (Wildman–Crippen LogP) is 2.45. The minimum absolute atomic E-state index is 0.386. The van der Waals surface area contributed by atoms with Gasteiger partial charge in [0.15, 0.2) is 0 Å². The number of rotatable bonds is 5. The SMILES string of the molecule is CCNCC(C)(C)CN1CC(C)SC(C)C1. The summed E-state index contributed by atoms with van der Waals surface area (Å²) in [7, 11) is 0. The summed E-state index contributed by atoms with van der Waals surface area (Å²) in [5.74, 6) is 0. The van der Waals surface area contributed by atoms with Gasteiger partial charge in [0, 0.05) is 36.7 Å². The highest BCUT2D eigenvalue weighted by Crippen LogP contribution is 2.27. The van der Waals surface area contributed by atoms with Gasteiger partial charge in [0.25, 0.3) is 0 Å². The van der Waals surface area contributed by atoms with Gasteiger partial charge < -0.3 is 10.2 Å². The third kappa shape index (κ3) is 5.07. The number of nitrogens with one attached hydrogen (secondary N) is 1. The molecule has 0 saturated carbocycles. The Labute approximate surface area is 106 Å². The molecule has 0 amide bonds. The Balaban J connectivity index is 2.39. The summed E-state index contributed by atoms with van der Waals surface area (Å²) in [6.07, 6.45) is 0. The second-order valence-electron chi connectivity index (χ2n) is 5.90. The van der Waals surface area contributed by atoms with Gasteiger partial charge in [-0.3, -0.25) is 0 Å². The fourth-order valence-corrected chi connectivity index (χ4v) is 3.93. The number of hydrogen-bond donors (Lipinski definition) is 1. The number of hydrogen-bond acceptors (Lipinski definition) is 3. The van der Waals surface area contributed by atoms with Crippen molar-refractivity contribution in [3.8, 4) is 0 Å². The monoisotopic (exact) mass is 244 g/mol. The molecule has 16 heavy (non-hydrogen) atoms. The van der Waals surface area contributed by atoms with Crippen molar-refractivity contribution in [2.45, 2.75) is 45.1 Å². The third-order valence-corrected chi connectivity index (χ3v) is 4.23. The van der Waals surface area contributed by atoms with E-state index in [-0.39, 0.29) is 0 Å². The molecule has 1 heterocycles. The Kier molecular flexibility index (Phi) is 5.62. The van der Waals surface area contributed by atoms with Crippen LogP contribution in [0.15, 0.2) is 0 Å². The van der Waals surface area contributed by atoms with E-state index in [2.05, 4.69) is 56.6 Å². The molecule has 1 fully saturated rings. The van der Waals surface area contributed by atoms with Crippen molar-refractivity contribution in [2.24, 2.45) is 5.41 Å². The van der Waals surface area contributed by atoms with Crippen molar-refractivity contribution in [3.63, 3.8) is 0 Å². The zero-order valence-corrected chi connectivity index (χ0v) is 12.4. The second kappa shape index (κ2) is 6.27. The third-order valence-electron chi connectivity index (χ3n) is 3.00. The van der Waals surface area contributed by atoms with Crippen LogP contribution in [0.1, 0.15) is 34.6 Å². The van der Waals surface area contributed by atoms with Gasteiger partial charge in [-0.2, -0.15) is 11.8 Å². The highest BCUT2D eigenvalue weighted by atomic mass is 32.2. The van der Waals surface area contributed by atoms with Gasteiger partial charge in [0.05, 0.1) is 0 Å². The minimum atomic E-state index is 0.386. The van der Waals surface area contributed by atoms with Crippen LogP contribution < -0.4 is 5.32 Å². The molecule has 0 bridgehead atoms. The van der Waals surface area contributed by atoms with Gasteiger partial charge in [0.1, 0.15) is 0 Å². The Bertz CT molecular complexity index is 196. The number of thioether (sulfide) groups is 1. The quantitative estimate of drug-likeness (QED) is 0.800. The van der Waals surface area contributed by atoms with Crippen molar-refractivity contribution < 1.29 is 0 Å². The van der Waals surface area contributed by atoms with E-state index in [1.807, 2.05) is 0 Å². The molecular formula is C13H28N2S. The highest BCUT2D eigenvalue weighted by molar-refractivity contribution is 8.00. The molecule has 1 saturated heterocycles. The molecule has 2 atom stereocenters. The van der Waals surface area contributed by atoms with Crippen LogP contribution in [0.4, 0.5) is 0 Å². The van der Waals surface area contributed by atoms with Crippen LogP contribution in [0.5, 0.6) is 0 Å². The van der Waals surface area contributed by atoms with E-state index in [4.69, 9.17) is 0 Å². The van der Waals surface area contributed by atoms with Gasteiger partial charge in [-0.05, 0) is 12.0 Å². The van der Waals surface area contributed by atoms with Gasteiger partial charge in [-0.25, -0.2) is 0 Å². The summed E-state index contributed by atoms with van der Waals surface area (Å²) in [5.41, 5.74) is 0.386. The van der Waals surface area contributed by atoms with Crippen molar-refractivity contribution in [1.82, 2.24) is 10.2 Å². The lowest BCUT2D eigenvalue weighted by molar-refractivity contribution is 0.173. The summed E-state index contributed by atoms with van der Waals surface area (Å²) >= 11 is 2.13. The Morgan fingerprint density at radius 1 is 1.25 bits per heavy atom. The molecule has 1 N–H and O–H groups in total. The summed E-state index contributed by atoms with van der Waals surface area (Å²) < 4.78 is 0. The lowest BCUT2D eigenvalue weighted by atomic mass is 9.92. The largest absolute Gasteiger partial charge is 0.316 e.